The summed E-state index contributed by atoms with van der Waals surface area (Å²) in [6, 6.07) is 8.67. The van der Waals surface area contributed by atoms with Gasteiger partial charge in [-0.2, -0.15) is 13.2 Å². The Kier molecular flexibility index (Phi) is 4.22. The maximum atomic E-state index is 12.6. The minimum absolute atomic E-state index is 0.0328. The lowest BCUT2D eigenvalue weighted by molar-refractivity contribution is -0.739. The molecule has 0 fully saturated rings. The third kappa shape index (κ3) is 3.65. The molecule has 0 aliphatic heterocycles. The lowest BCUT2D eigenvalue weighted by Gasteiger charge is -2.10. The van der Waals surface area contributed by atoms with Gasteiger partial charge in [-0.05, 0) is 30.2 Å². The van der Waals surface area contributed by atoms with Gasteiger partial charge >= 0.3 is 6.18 Å². The number of aromatic nitrogens is 3. The molecule has 0 bridgehead atoms. The molecule has 0 atom stereocenters. The standard InChI is InChI=1S/C16H11F3N4O2/c1-10-8-11(13-9-14(25-22-13)16(17,18)19)4-5-12(10)15(24)21-23-7-3-2-6-20-23/h2-9H,1H3. The fourth-order valence-corrected chi connectivity index (χ4v) is 2.14. The number of benzene rings is 1. The Bertz CT molecular complexity index is 921. The first-order chi connectivity index (χ1) is 11.8. The molecule has 0 aliphatic rings. The molecule has 6 nitrogen and oxygen atoms in total. The fourth-order valence-electron chi connectivity index (χ4n) is 2.14. The average Bonchev–Trinajstić information content (AvgIpc) is 3.06. The van der Waals surface area contributed by atoms with Crippen molar-refractivity contribution in [1.29, 1.82) is 0 Å². The molecule has 0 radical (unpaired) electrons. The van der Waals surface area contributed by atoms with Crippen molar-refractivity contribution in [2.24, 2.45) is 5.10 Å². The molecule has 3 aromatic rings. The zero-order chi connectivity index (χ0) is 18.0. The van der Waals surface area contributed by atoms with Crippen LogP contribution in [0.25, 0.3) is 11.3 Å². The summed E-state index contributed by atoms with van der Waals surface area (Å²) in [5.41, 5.74) is 1.28. The van der Waals surface area contributed by atoms with Gasteiger partial charge in [0, 0.05) is 27.9 Å². The monoisotopic (exact) mass is 348 g/mol. The van der Waals surface area contributed by atoms with Crippen molar-refractivity contribution in [3.8, 4) is 11.3 Å². The highest BCUT2D eigenvalue weighted by molar-refractivity contribution is 5.92. The first-order valence-electron chi connectivity index (χ1n) is 7.09. The van der Waals surface area contributed by atoms with E-state index in [0.29, 0.717) is 16.7 Å². The van der Waals surface area contributed by atoms with Gasteiger partial charge < -0.3 is 9.63 Å². The van der Waals surface area contributed by atoms with E-state index in [1.165, 1.54) is 24.5 Å². The molecule has 0 unspecified atom stereocenters. The van der Waals surface area contributed by atoms with Crippen LogP contribution in [0.5, 0.6) is 0 Å². The number of hydrogen-bond donors (Lipinski definition) is 0. The quantitative estimate of drug-likeness (QED) is 0.412. The Hall–Kier alpha value is -3.23. The molecule has 0 saturated carbocycles. The Morgan fingerprint density at radius 3 is 2.64 bits per heavy atom. The van der Waals surface area contributed by atoms with Gasteiger partial charge in [0.05, 0.1) is 16.9 Å². The maximum absolute atomic E-state index is 12.6. The van der Waals surface area contributed by atoms with Crippen molar-refractivity contribution in [1.82, 2.24) is 10.3 Å². The van der Waals surface area contributed by atoms with E-state index in [0.717, 1.165) is 10.9 Å². The highest BCUT2D eigenvalue weighted by atomic mass is 19.4. The lowest BCUT2D eigenvalue weighted by atomic mass is 10.0. The van der Waals surface area contributed by atoms with Crippen LogP contribution in [-0.4, -0.2) is 16.2 Å². The zero-order valence-electron chi connectivity index (χ0n) is 12.9. The van der Waals surface area contributed by atoms with E-state index >= 15 is 0 Å². The van der Waals surface area contributed by atoms with Gasteiger partial charge in [-0.1, -0.05) is 17.3 Å². The van der Waals surface area contributed by atoms with Crippen molar-refractivity contribution in [2.75, 3.05) is 0 Å². The first kappa shape index (κ1) is 16.6. The number of alkyl halides is 3. The normalized spacial score (nSPS) is 12.4. The molecule has 2 heterocycles. The fraction of sp³-hybridized carbons (Fsp3) is 0.125. The summed E-state index contributed by atoms with van der Waals surface area (Å²) in [4.78, 5) is 1.13. The van der Waals surface area contributed by atoms with Crippen molar-refractivity contribution in [2.45, 2.75) is 13.1 Å². The second-order valence-electron chi connectivity index (χ2n) is 5.13. The topological polar surface area (TPSA) is 78.2 Å². The molecule has 0 N–H and O–H groups in total. The van der Waals surface area contributed by atoms with E-state index in [-0.39, 0.29) is 5.69 Å². The Morgan fingerprint density at radius 2 is 2.04 bits per heavy atom. The SMILES string of the molecule is Cc1cc(-c2cc(C(F)(F)F)on2)ccc1/C([O-])=N/[n+]1ccccn1. The number of nitrogens with zero attached hydrogens (tertiary/aromatic N) is 4. The number of aryl methyl sites for hydroxylation is 1. The molecular weight excluding hydrogens is 337 g/mol. The van der Waals surface area contributed by atoms with E-state index in [1.807, 2.05) is 0 Å². The third-order valence-electron chi connectivity index (χ3n) is 3.34. The molecule has 0 saturated heterocycles. The van der Waals surface area contributed by atoms with Crippen LogP contribution in [0, 0.1) is 6.92 Å². The number of halogens is 3. The second-order valence-corrected chi connectivity index (χ2v) is 5.13. The summed E-state index contributed by atoms with van der Waals surface area (Å²) in [7, 11) is 0. The minimum Gasteiger partial charge on any atom is -0.854 e. The molecule has 2 aromatic heterocycles. The summed E-state index contributed by atoms with van der Waals surface area (Å²) in [5.74, 6) is -1.70. The van der Waals surface area contributed by atoms with Crippen LogP contribution in [0.2, 0.25) is 0 Å². The molecule has 128 valence electrons. The molecular formula is C16H11F3N4O2. The van der Waals surface area contributed by atoms with Crippen LogP contribution >= 0.6 is 0 Å². The lowest BCUT2D eigenvalue weighted by Crippen LogP contribution is -2.36. The van der Waals surface area contributed by atoms with Crippen molar-refractivity contribution >= 4 is 5.90 Å². The van der Waals surface area contributed by atoms with Gasteiger partial charge in [-0.25, -0.2) is 0 Å². The van der Waals surface area contributed by atoms with Gasteiger partial charge in [0.25, 0.3) is 0 Å². The molecule has 3 rings (SSSR count). The van der Waals surface area contributed by atoms with Crippen LogP contribution < -0.4 is 9.90 Å². The highest BCUT2D eigenvalue weighted by Gasteiger charge is 2.36. The van der Waals surface area contributed by atoms with E-state index in [1.54, 1.807) is 25.1 Å². The number of rotatable bonds is 3. The van der Waals surface area contributed by atoms with Crippen LogP contribution in [0.4, 0.5) is 13.2 Å². The van der Waals surface area contributed by atoms with Crippen LogP contribution in [0.1, 0.15) is 16.9 Å². The zero-order valence-corrected chi connectivity index (χ0v) is 12.9. The Balaban J connectivity index is 1.91. The average molecular weight is 348 g/mol. The first-order valence-corrected chi connectivity index (χ1v) is 7.09. The highest BCUT2D eigenvalue weighted by Crippen LogP contribution is 2.32. The predicted octanol–water partition coefficient (Wildman–Crippen LogP) is 1.92. The van der Waals surface area contributed by atoms with E-state index in [4.69, 9.17) is 0 Å². The van der Waals surface area contributed by atoms with Gasteiger partial charge in [0.2, 0.25) is 12.0 Å². The molecule has 25 heavy (non-hydrogen) atoms. The van der Waals surface area contributed by atoms with Crippen LogP contribution in [0.3, 0.4) is 0 Å². The summed E-state index contributed by atoms with van der Waals surface area (Å²) >= 11 is 0. The van der Waals surface area contributed by atoms with Gasteiger partial charge in [-0.15, -0.1) is 0 Å². The van der Waals surface area contributed by atoms with Crippen molar-refractivity contribution in [3.63, 3.8) is 0 Å². The van der Waals surface area contributed by atoms with Gasteiger partial charge in [0.1, 0.15) is 5.69 Å². The largest absolute Gasteiger partial charge is 0.854 e. The summed E-state index contributed by atoms with van der Waals surface area (Å²) in [6.45, 7) is 1.65. The van der Waals surface area contributed by atoms with Gasteiger partial charge in [0.15, 0.2) is 0 Å². The molecule has 0 amide bonds. The predicted molar refractivity (Wildman–Crippen MR) is 78.0 cm³/mol. The summed E-state index contributed by atoms with van der Waals surface area (Å²) < 4.78 is 42.0. The van der Waals surface area contributed by atoms with Crippen LogP contribution in [-0.2, 0) is 6.18 Å². The van der Waals surface area contributed by atoms with Crippen LogP contribution in [0.15, 0.2) is 58.4 Å². The molecule has 1 aromatic carbocycles. The smallest absolute Gasteiger partial charge is 0.452 e. The Morgan fingerprint density at radius 1 is 1.24 bits per heavy atom. The van der Waals surface area contributed by atoms with E-state index in [9.17, 15) is 18.3 Å². The molecule has 0 spiro atoms. The maximum Gasteiger partial charge on any atom is 0.452 e. The van der Waals surface area contributed by atoms with Crippen molar-refractivity contribution < 1.29 is 27.6 Å². The third-order valence-corrected chi connectivity index (χ3v) is 3.34. The van der Waals surface area contributed by atoms with E-state index in [2.05, 4.69) is 19.9 Å². The Labute approximate surface area is 139 Å². The summed E-state index contributed by atoms with van der Waals surface area (Å²) in [5, 5.41) is 23.3. The van der Waals surface area contributed by atoms with E-state index < -0.39 is 17.8 Å². The van der Waals surface area contributed by atoms with Crippen molar-refractivity contribution in [3.05, 3.63) is 65.7 Å². The molecule has 9 heteroatoms. The second kappa shape index (κ2) is 6.34. The molecule has 0 aliphatic carbocycles. The number of hydrogen-bond acceptors (Lipinski definition) is 5. The van der Waals surface area contributed by atoms with Gasteiger partial charge in [-0.3, -0.25) is 0 Å². The summed E-state index contributed by atoms with van der Waals surface area (Å²) in [6.07, 6.45) is -1.61. The minimum atomic E-state index is -4.60.